The predicted octanol–water partition coefficient (Wildman–Crippen LogP) is 5.62. The Labute approximate surface area is 209 Å². The second-order valence-electron chi connectivity index (χ2n) is 7.58. The van der Waals surface area contributed by atoms with Gasteiger partial charge < -0.3 is 18.9 Å². The number of para-hydroxylation sites is 2. The Bertz CT molecular complexity index is 1250. The molecule has 8 heteroatoms. The van der Waals surface area contributed by atoms with Crippen LogP contribution < -0.4 is 24.0 Å². The number of benzene rings is 3. The molecule has 3 aromatic carbocycles. The summed E-state index contributed by atoms with van der Waals surface area (Å²) in [6, 6.07) is 20.1. The van der Waals surface area contributed by atoms with E-state index >= 15 is 0 Å². The van der Waals surface area contributed by atoms with Crippen LogP contribution in [-0.2, 0) is 4.79 Å². The van der Waals surface area contributed by atoms with Crippen LogP contribution in [0.3, 0.4) is 0 Å². The van der Waals surface area contributed by atoms with Gasteiger partial charge in [0.1, 0.15) is 19.0 Å². The minimum absolute atomic E-state index is 0.205. The highest BCUT2D eigenvalue weighted by Crippen LogP contribution is 2.39. The number of amides is 1. The Morgan fingerprint density at radius 2 is 1.51 bits per heavy atom. The van der Waals surface area contributed by atoms with Gasteiger partial charge in [0.15, 0.2) is 11.5 Å². The molecule has 0 unspecified atom stereocenters. The lowest BCUT2D eigenvalue weighted by Gasteiger charge is -2.16. The fourth-order valence-corrected chi connectivity index (χ4v) is 3.77. The maximum absolute atomic E-state index is 13.0. The maximum atomic E-state index is 13.0. The molecule has 0 radical (unpaired) electrons. The average Bonchev–Trinajstić information content (AvgIpc) is 3.16. The van der Waals surface area contributed by atoms with Crippen molar-refractivity contribution in [2.45, 2.75) is 6.92 Å². The molecule has 0 aromatic heterocycles. The quantitative estimate of drug-likeness (QED) is 0.286. The van der Waals surface area contributed by atoms with Crippen LogP contribution in [0.5, 0.6) is 23.0 Å². The van der Waals surface area contributed by atoms with E-state index in [1.165, 1.54) is 5.01 Å². The smallest absolute Gasteiger partial charge is 0.280 e. The van der Waals surface area contributed by atoms with Crippen LogP contribution in [0.25, 0.3) is 6.08 Å². The third-order valence-electron chi connectivity index (χ3n) is 5.28. The van der Waals surface area contributed by atoms with Gasteiger partial charge in [0, 0.05) is 0 Å². The summed E-state index contributed by atoms with van der Waals surface area (Å²) >= 11 is 6.12. The molecular weight excluding hydrogens is 468 g/mol. The summed E-state index contributed by atoms with van der Waals surface area (Å²) in [4.78, 5) is 13.0. The van der Waals surface area contributed by atoms with Crippen molar-refractivity contribution in [1.29, 1.82) is 0 Å². The molecule has 0 fully saturated rings. The van der Waals surface area contributed by atoms with Gasteiger partial charge in [-0.1, -0.05) is 41.9 Å². The van der Waals surface area contributed by atoms with E-state index in [1.54, 1.807) is 51.5 Å². The lowest BCUT2D eigenvalue weighted by Crippen LogP contribution is -2.21. The number of hydrogen-bond acceptors (Lipinski definition) is 6. The van der Waals surface area contributed by atoms with E-state index in [0.717, 1.165) is 0 Å². The molecule has 180 valence electrons. The van der Waals surface area contributed by atoms with Crippen molar-refractivity contribution in [3.8, 4) is 23.0 Å². The number of carbonyl (C=O) groups is 1. The molecule has 1 aliphatic rings. The second kappa shape index (κ2) is 11.0. The summed E-state index contributed by atoms with van der Waals surface area (Å²) in [7, 11) is 3.09. The highest BCUT2D eigenvalue weighted by molar-refractivity contribution is 6.32. The van der Waals surface area contributed by atoms with E-state index in [1.807, 2.05) is 42.5 Å². The van der Waals surface area contributed by atoms with E-state index in [9.17, 15) is 4.79 Å². The first kappa shape index (κ1) is 24.2. The van der Waals surface area contributed by atoms with Gasteiger partial charge in [0.2, 0.25) is 5.75 Å². The standard InChI is InChI=1S/C27H25ClN2O5/c1-18-21(27(31)30(29-18)20-9-5-4-6-10-20)15-19-16-24(32-2)26(25(17-19)33-3)35-14-13-34-23-12-8-7-11-22(23)28/h4-12,15-17H,13-14H2,1-3H3/b21-15-. The SMILES string of the molecule is COc1cc(/C=C2\C(=O)N(c3ccccc3)N=C2C)cc(OC)c1OCCOc1ccccc1Cl. The molecule has 35 heavy (non-hydrogen) atoms. The van der Waals surface area contributed by atoms with Gasteiger partial charge in [-0.15, -0.1) is 0 Å². The molecule has 7 nitrogen and oxygen atoms in total. The first-order valence-electron chi connectivity index (χ1n) is 10.9. The third kappa shape index (κ3) is 5.41. The summed E-state index contributed by atoms with van der Waals surface area (Å²) in [5, 5.41) is 6.35. The lowest BCUT2D eigenvalue weighted by atomic mass is 10.1. The summed E-state index contributed by atoms with van der Waals surface area (Å²) in [6.07, 6.45) is 1.76. The molecule has 0 aliphatic carbocycles. The fourth-order valence-electron chi connectivity index (χ4n) is 3.58. The number of nitrogens with zero attached hydrogens (tertiary/aromatic N) is 2. The molecule has 3 aromatic rings. The first-order valence-corrected chi connectivity index (χ1v) is 11.3. The van der Waals surface area contributed by atoms with Crippen molar-refractivity contribution in [2.75, 3.05) is 32.4 Å². The monoisotopic (exact) mass is 492 g/mol. The van der Waals surface area contributed by atoms with Gasteiger partial charge in [-0.05, 0) is 55.0 Å². The van der Waals surface area contributed by atoms with Crippen LogP contribution in [0, 0.1) is 0 Å². The zero-order valence-corrected chi connectivity index (χ0v) is 20.4. The normalized spacial score (nSPS) is 14.2. The minimum atomic E-state index is -0.205. The number of rotatable bonds is 9. The predicted molar refractivity (Wildman–Crippen MR) is 137 cm³/mol. The van der Waals surface area contributed by atoms with Crippen molar-refractivity contribution >= 4 is 35.0 Å². The van der Waals surface area contributed by atoms with Gasteiger partial charge in [-0.3, -0.25) is 4.79 Å². The van der Waals surface area contributed by atoms with Gasteiger partial charge in [-0.25, -0.2) is 0 Å². The van der Waals surface area contributed by atoms with E-state index < -0.39 is 0 Å². The van der Waals surface area contributed by atoms with Crippen LogP contribution in [0.15, 0.2) is 77.4 Å². The van der Waals surface area contributed by atoms with Crippen LogP contribution in [0.1, 0.15) is 12.5 Å². The molecule has 0 saturated heterocycles. The molecule has 1 heterocycles. The summed E-state index contributed by atoms with van der Waals surface area (Å²) < 4.78 is 22.7. The molecule has 0 spiro atoms. The third-order valence-corrected chi connectivity index (χ3v) is 5.59. The molecule has 0 bridgehead atoms. The Morgan fingerprint density at radius 1 is 0.886 bits per heavy atom. The number of anilines is 1. The largest absolute Gasteiger partial charge is 0.493 e. The minimum Gasteiger partial charge on any atom is -0.493 e. The van der Waals surface area contributed by atoms with Gasteiger partial charge in [0.05, 0.1) is 36.2 Å². The van der Waals surface area contributed by atoms with Gasteiger partial charge >= 0.3 is 0 Å². The maximum Gasteiger partial charge on any atom is 0.280 e. The summed E-state index contributed by atoms with van der Waals surface area (Å²) in [5.74, 6) is 1.75. The number of carbonyl (C=O) groups excluding carboxylic acids is 1. The molecule has 4 rings (SSSR count). The molecular formula is C27H25ClN2O5. The average molecular weight is 493 g/mol. The molecule has 0 N–H and O–H groups in total. The molecule has 0 atom stereocenters. The van der Waals surface area contributed by atoms with Crippen molar-refractivity contribution in [3.63, 3.8) is 0 Å². The van der Waals surface area contributed by atoms with E-state index in [-0.39, 0.29) is 19.1 Å². The topological polar surface area (TPSA) is 69.6 Å². The van der Waals surface area contributed by atoms with E-state index in [4.69, 9.17) is 30.5 Å². The number of hydrogen-bond donors (Lipinski definition) is 0. The number of halogens is 1. The van der Waals surface area contributed by atoms with Gasteiger partial charge in [0.25, 0.3) is 5.91 Å². The zero-order chi connectivity index (χ0) is 24.8. The van der Waals surface area contributed by atoms with Crippen molar-refractivity contribution in [1.82, 2.24) is 0 Å². The lowest BCUT2D eigenvalue weighted by molar-refractivity contribution is -0.114. The first-order chi connectivity index (χ1) is 17.0. The molecule has 1 aliphatic heterocycles. The number of hydrazone groups is 1. The fraction of sp³-hybridized carbons (Fsp3) is 0.185. The Morgan fingerprint density at radius 3 is 2.17 bits per heavy atom. The van der Waals surface area contributed by atoms with Crippen molar-refractivity contribution < 1.29 is 23.7 Å². The van der Waals surface area contributed by atoms with Gasteiger partial charge in [-0.2, -0.15) is 10.1 Å². The van der Waals surface area contributed by atoms with E-state index in [2.05, 4.69) is 5.10 Å². The van der Waals surface area contributed by atoms with Crippen LogP contribution in [0.4, 0.5) is 5.69 Å². The second-order valence-corrected chi connectivity index (χ2v) is 7.99. The molecule has 0 saturated carbocycles. The molecule has 1 amide bonds. The van der Waals surface area contributed by atoms with E-state index in [0.29, 0.717) is 50.6 Å². The zero-order valence-electron chi connectivity index (χ0n) is 19.7. The summed E-state index contributed by atoms with van der Waals surface area (Å²) in [6.45, 7) is 2.33. The Hall–Kier alpha value is -3.97. The highest BCUT2D eigenvalue weighted by Gasteiger charge is 2.28. The van der Waals surface area contributed by atoms with Crippen LogP contribution >= 0.6 is 11.6 Å². The Balaban J connectivity index is 1.52. The van der Waals surface area contributed by atoms with Crippen LogP contribution in [0.2, 0.25) is 5.02 Å². The van der Waals surface area contributed by atoms with Crippen molar-refractivity contribution in [2.24, 2.45) is 5.10 Å². The number of ether oxygens (including phenoxy) is 4. The van der Waals surface area contributed by atoms with Crippen molar-refractivity contribution in [3.05, 3.63) is 82.9 Å². The highest BCUT2D eigenvalue weighted by atomic mass is 35.5. The van der Waals surface area contributed by atoms with Crippen LogP contribution in [-0.4, -0.2) is 39.1 Å². The Kier molecular flexibility index (Phi) is 7.57. The number of methoxy groups -OCH3 is 2. The summed E-state index contributed by atoms with van der Waals surface area (Å²) in [5.41, 5.74) is 2.53.